The Hall–Kier alpha value is -1.64. The van der Waals surface area contributed by atoms with E-state index in [1.165, 1.54) is 11.1 Å². The number of rotatable bonds is 0. The van der Waals surface area contributed by atoms with E-state index in [2.05, 4.69) is 78.2 Å². The normalized spacial score (nSPS) is 21.5. The summed E-state index contributed by atoms with van der Waals surface area (Å²) >= 11 is 0. The van der Waals surface area contributed by atoms with Crippen LogP contribution in [0.15, 0.2) is 30.3 Å². The standard InChI is InChI=1S/C25H29N2O.Ir/c1-22(2)16-13-18-19(14-17(16)23(3,4)24(22,5)6)27-21(26-18)15-11-9-10-12-20(15)28-25(27,7)8;/h9-10,12-14H,1-8H3;/q-1;. The van der Waals surface area contributed by atoms with Crippen LogP contribution < -0.4 is 4.74 Å². The largest absolute Gasteiger partial charge is 0.515 e. The maximum atomic E-state index is 6.36. The molecule has 0 saturated heterocycles. The molecule has 1 aliphatic heterocycles. The van der Waals surface area contributed by atoms with Gasteiger partial charge in [-0.3, -0.25) is 4.98 Å². The van der Waals surface area contributed by atoms with Gasteiger partial charge in [0.05, 0.1) is 16.9 Å². The molecule has 2 aliphatic rings. The van der Waals surface area contributed by atoms with E-state index < -0.39 is 5.72 Å². The fraction of sp³-hybridized carbons (Fsp3) is 0.480. The fourth-order valence-electron chi connectivity index (χ4n) is 5.32. The number of imidazole rings is 1. The average Bonchev–Trinajstić information content (AvgIpc) is 3.03. The first-order valence-electron chi connectivity index (χ1n) is 10.2. The van der Waals surface area contributed by atoms with E-state index in [1.807, 2.05) is 18.2 Å². The van der Waals surface area contributed by atoms with Crippen molar-refractivity contribution in [2.75, 3.05) is 0 Å². The number of hydrogen-bond acceptors (Lipinski definition) is 2. The minimum absolute atomic E-state index is 0. The zero-order valence-electron chi connectivity index (χ0n) is 18.5. The first-order chi connectivity index (χ1) is 12.9. The molecule has 1 aromatic heterocycles. The summed E-state index contributed by atoms with van der Waals surface area (Å²) in [4.78, 5) is 5.08. The Morgan fingerprint density at radius 2 is 1.55 bits per heavy atom. The Kier molecular flexibility index (Phi) is 4.08. The van der Waals surface area contributed by atoms with E-state index in [0.29, 0.717) is 0 Å². The van der Waals surface area contributed by atoms with Gasteiger partial charge in [0.1, 0.15) is 0 Å². The van der Waals surface area contributed by atoms with Crippen LogP contribution in [0.3, 0.4) is 0 Å². The number of hydrogen-bond donors (Lipinski definition) is 0. The van der Waals surface area contributed by atoms with Crippen molar-refractivity contribution in [3.63, 3.8) is 0 Å². The maximum Gasteiger partial charge on any atom is 0.164 e. The van der Waals surface area contributed by atoms with E-state index in [4.69, 9.17) is 9.72 Å². The van der Waals surface area contributed by atoms with Crippen LogP contribution in [0.2, 0.25) is 0 Å². The molecule has 0 spiro atoms. The summed E-state index contributed by atoms with van der Waals surface area (Å²) in [6, 6.07) is 13.9. The Bertz CT molecular complexity index is 1150. The SMILES string of the molecule is CC1(C)Oc2ccc[c-]c2-c2nc3cc4c(cc3n21)C(C)(C)C(C)(C)C4(C)C.[Ir]. The summed E-state index contributed by atoms with van der Waals surface area (Å²) in [7, 11) is 0. The quantitative estimate of drug-likeness (QED) is 0.305. The van der Waals surface area contributed by atoms with E-state index in [-0.39, 0.29) is 36.4 Å². The number of benzene rings is 2. The van der Waals surface area contributed by atoms with Crippen LogP contribution in [-0.2, 0) is 36.7 Å². The smallest absolute Gasteiger partial charge is 0.164 e. The molecule has 0 saturated carbocycles. The van der Waals surface area contributed by atoms with Gasteiger partial charge in [0.15, 0.2) is 5.72 Å². The van der Waals surface area contributed by atoms with Gasteiger partial charge in [0, 0.05) is 25.9 Å². The minimum atomic E-state index is -0.506. The fourth-order valence-corrected chi connectivity index (χ4v) is 5.32. The molecule has 2 aromatic carbocycles. The van der Waals surface area contributed by atoms with Crippen LogP contribution in [0.4, 0.5) is 0 Å². The molecule has 155 valence electrons. The van der Waals surface area contributed by atoms with E-state index in [9.17, 15) is 0 Å². The minimum Gasteiger partial charge on any atom is -0.515 e. The van der Waals surface area contributed by atoms with Crippen LogP contribution >= 0.6 is 0 Å². The molecule has 1 radical (unpaired) electrons. The van der Waals surface area contributed by atoms with Gasteiger partial charge in [0.2, 0.25) is 0 Å². The molecule has 5 rings (SSSR count). The molecular formula is C25H29IrN2O-. The van der Waals surface area contributed by atoms with E-state index in [1.54, 1.807) is 0 Å². The van der Waals surface area contributed by atoms with Gasteiger partial charge < -0.3 is 9.30 Å². The monoisotopic (exact) mass is 566 g/mol. The van der Waals surface area contributed by atoms with Crippen molar-refractivity contribution in [2.45, 2.75) is 71.9 Å². The average molecular weight is 566 g/mol. The summed E-state index contributed by atoms with van der Waals surface area (Å²) in [6.07, 6.45) is 0. The summed E-state index contributed by atoms with van der Waals surface area (Å²) in [5, 5.41) is 0. The zero-order valence-corrected chi connectivity index (χ0v) is 20.9. The van der Waals surface area contributed by atoms with Crippen molar-refractivity contribution in [1.82, 2.24) is 9.55 Å². The first kappa shape index (κ1) is 20.6. The van der Waals surface area contributed by atoms with Gasteiger partial charge in [-0.1, -0.05) is 47.1 Å². The van der Waals surface area contributed by atoms with Gasteiger partial charge in [-0.25, -0.2) is 0 Å². The number of aromatic nitrogens is 2. The van der Waals surface area contributed by atoms with Crippen LogP contribution in [-0.4, -0.2) is 9.55 Å². The predicted octanol–water partition coefficient (Wildman–Crippen LogP) is 6.18. The van der Waals surface area contributed by atoms with Crippen molar-refractivity contribution in [1.29, 1.82) is 0 Å². The van der Waals surface area contributed by atoms with Crippen molar-refractivity contribution in [2.24, 2.45) is 5.41 Å². The number of nitrogens with zero attached hydrogens (tertiary/aromatic N) is 2. The third-order valence-corrected chi connectivity index (χ3v) is 8.21. The van der Waals surface area contributed by atoms with Gasteiger partial charge in [0.25, 0.3) is 0 Å². The van der Waals surface area contributed by atoms with Crippen LogP contribution in [0, 0.1) is 11.5 Å². The third-order valence-electron chi connectivity index (χ3n) is 8.21. The van der Waals surface area contributed by atoms with Crippen molar-refractivity contribution in [3.05, 3.63) is 47.5 Å². The van der Waals surface area contributed by atoms with Crippen LogP contribution in [0.25, 0.3) is 22.4 Å². The predicted molar refractivity (Wildman–Crippen MR) is 114 cm³/mol. The molecule has 0 fully saturated rings. The van der Waals surface area contributed by atoms with Gasteiger partial charge in [-0.05, 0) is 53.4 Å². The maximum absolute atomic E-state index is 6.36. The van der Waals surface area contributed by atoms with Crippen molar-refractivity contribution >= 4 is 11.0 Å². The molecule has 3 aromatic rings. The second kappa shape index (κ2) is 5.74. The van der Waals surface area contributed by atoms with E-state index in [0.717, 1.165) is 28.2 Å². The molecule has 2 heterocycles. The first-order valence-corrected chi connectivity index (χ1v) is 10.2. The molecule has 4 heteroatoms. The molecular weight excluding hydrogens is 537 g/mol. The summed E-state index contributed by atoms with van der Waals surface area (Å²) in [5.41, 5.74) is 5.73. The molecule has 0 amide bonds. The van der Waals surface area contributed by atoms with Gasteiger partial charge in [-0.2, -0.15) is 0 Å². The van der Waals surface area contributed by atoms with Crippen LogP contribution in [0.5, 0.6) is 5.75 Å². The second-order valence-electron chi connectivity index (χ2n) is 10.5. The van der Waals surface area contributed by atoms with Crippen molar-refractivity contribution in [3.8, 4) is 17.1 Å². The summed E-state index contributed by atoms with van der Waals surface area (Å²) in [6.45, 7) is 18.5. The molecule has 1 aliphatic carbocycles. The van der Waals surface area contributed by atoms with Gasteiger partial charge in [-0.15, -0.1) is 24.3 Å². The van der Waals surface area contributed by atoms with E-state index >= 15 is 0 Å². The van der Waals surface area contributed by atoms with Crippen molar-refractivity contribution < 1.29 is 24.8 Å². The Labute approximate surface area is 187 Å². The molecule has 29 heavy (non-hydrogen) atoms. The number of ether oxygens (including phenoxy) is 1. The molecule has 0 N–H and O–H groups in total. The second-order valence-corrected chi connectivity index (χ2v) is 10.5. The Balaban J connectivity index is 0.00000205. The zero-order chi connectivity index (χ0) is 20.3. The summed E-state index contributed by atoms with van der Waals surface area (Å²) < 4.78 is 8.60. The number of fused-ring (bicyclic) bond motifs is 6. The van der Waals surface area contributed by atoms with Gasteiger partial charge >= 0.3 is 0 Å². The Morgan fingerprint density at radius 3 is 2.21 bits per heavy atom. The molecule has 0 atom stereocenters. The summed E-state index contributed by atoms with van der Waals surface area (Å²) in [5.74, 6) is 1.80. The topological polar surface area (TPSA) is 27.1 Å². The Morgan fingerprint density at radius 1 is 0.931 bits per heavy atom. The van der Waals surface area contributed by atoms with Crippen LogP contribution in [0.1, 0.15) is 66.5 Å². The molecule has 0 unspecified atom stereocenters. The third kappa shape index (κ3) is 2.31. The molecule has 3 nitrogen and oxygen atoms in total. The molecule has 0 bridgehead atoms.